The van der Waals surface area contributed by atoms with Crippen molar-refractivity contribution in [3.05, 3.63) is 0 Å². The second-order valence-corrected chi connectivity index (χ2v) is 4.00. The molecule has 3 heteroatoms. The molecule has 0 aromatic heterocycles. The summed E-state index contributed by atoms with van der Waals surface area (Å²) in [6.45, 7) is 11.2. The Morgan fingerprint density at radius 1 is 1.43 bits per heavy atom. The van der Waals surface area contributed by atoms with Crippen LogP contribution >= 0.6 is 0 Å². The van der Waals surface area contributed by atoms with Crippen molar-refractivity contribution < 1.29 is 9.53 Å². The van der Waals surface area contributed by atoms with Crippen LogP contribution in [-0.2, 0) is 9.53 Å². The Morgan fingerprint density at radius 3 is 2.36 bits per heavy atom. The molecule has 1 atom stereocenters. The lowest BCUT2D eigenvalue weighted by Crippen LogP contribution is -2.54. The van der Waals surface area contributed by atoms with Crippen LogP contribution < -0.4 is 5.32 Å². The van der Waals surface area contributed by atoms with Crippen LogP contribution in [0.5, 0.6) is 0 Å². The summed E-state index contributed by atoms with van der Waals surface area (Å²) in [4.78, 5) is 11.7. The smallest absolute Gasteiger partial charge is 0.326 e. The van der Waals surface area contributed by atoms with Gasteiger partial charge in [0.1, 0.15) is 5.54 Å². The highest BCUT2D eigenvalue weighted by atomic mass is 16.5. The molecule has 0 amide bonds. The average molecular weight is 201 g/mol. The maximum Gasteiger partial charge on any atom is 0.326 e. The van der Waals surface area contributed by atoms with Gasteiger partial charge >= 0.3 is 5.97 Å². The third-order valence-corrected chi connectivity index (χ3v) is 2.60. The van der Waals surface area contributed by atoms with Crippen molar-refractivity contribution in [3.8, 4) is 0 Å². The van der Waals surface area contributed by atoms with E-state index in [1.807, 2.05) is 27.7 Å². The van der Waals surface area contributed by atoms with E-state index in [2.05, 4.69) is 12.2 Å². The number of esters is 1. The summed E-state index contributed by atoms with van der Waals surface area (Å²) in [5.41, 5.74) is -0.550. The van der Waals surface area contributed by atoms with Crippen LogP contribution in [0.4, 0.5) is 0 Å². The van der Waals surface area contributed by atoms with Gasteiger partial charge in [0, 0.05) is 0 Å². The number of ether oxygens (including phenoxy) is 1. The van der Waals surface area contributed by atoms with E-state index in [-0.39, 0.29) is 11.9 Å². The van der Waals surface area contributed by atoms with E-state index in [1.54, 1.807) is 0 Å². The summed E-state index contributed by atoms with van der Waals surface area (Å²) in [6, 6.07) is 0. The average Bonchev–Trinajstić information content (AvgIpc) is 2.14. The van der Waals surface area contributed by atoms with Crippen molar-refractivity contribution in [2.75, 3.05) is 13.2 Å². The predicted molar refractivity (Wildman–Crippen MR) is 58.2 cm³/mol. The molecule has 3 nitrogen and oxygen atoms in total. The summed E-state index contributed by atoms with van der Waals surface area (Å²) < 4.78 is 5.06. The number of carbonyl (C=O) groups excluding carboxylic acids is 1. The fourth-order valence-corrected chi connectivity index (χ4v) is 1.18. The zero-order valence-corrected chi connectivity index (χ0v) is 10.0. The molecule has 0 spiro atoms. The van der Waals surface area contributed by atoms with Gasteiger partial charge in [-0.1, -0.05) is 20.8 Å². The molecular formula is C11H23NO2. The molecule has 0 aromatic carbocycles. The number of rotatable bonds is 6. The maximum absolute atomic E-state index is 11.7. The first-order valence-electron chi connectivity index (χ1n) is 5.41. The molecular weight excluding hydrogens is 178 g/mol. The van der Waals surface area contributed by atoms with Gasteiger partial charge in [-0.3, -0.25) is 4.79 Å². The molecule has 0 bridgehead atoms. The topological polar surface area (TPSA) is 38.3 Å². The fourth-order valence-electron chi connectivity index (χ4n) is 1.18. The molecule has 0 aliphatic rings. The highest BCUT2D eigenvalue weighted by molar-refractivity contribution is 5.80. The zero-order valence-electron chi connectivity index (χ0n) is 10.0. The normalized spacial score (nSPS) is 15.3. The van der Waals surface area contributed by atoms with E-state index < -0.39 is 5.54 Å². The Morgan fingerprint density at radius 2 is 2.00 bits per heavy atom. The Balaban J connectivity index is 4.45. The Bertz CT molecular complexity index is 180. The largest absolute Gasteiger partial charge is 0.465 e. The van der Waals surface area contributed by atoms with Crippen molar-refractivity contribution in [2.24, 2.45) is 5.92 Å². The third-order valence-electron chi connectivity index (χ3n) is 2.60. The molecule has 84 valence electrons. The number of hydrogen-bond donors (Lipinski definition) is 1. The summed E-state index contributed by atoms with van der Waals surface area (Å²) in [7, 11) is 0. The molecule has 0 radical (unpaired) electrons. The van der Waals surface area contributed by atoms with Crippen molar-refractivity contribution in [3.63, 3.8) is 0 Å². The van der Waals surface area contributed by atoms with E-state index in [0.717, 1.165) is 13.0 Å². The molecule has 0 aliphatic carbocycles. The molecule has 0 aromatic rings. The minimum absolute atomic E-state index is 0.150. The second kappa shape index (κ2) is 6.02. The van der Waals surface area contributed by atoms with E-state index in [0.29, 0.717) is 6.61 Å². The molecule has 1 unspecified atom stereocenters. The third kappa shape index (κ3) is 3.29. The lowest BCUT2D eigenvalue weighted by atomic mass is 9.88. The van der Waals surface area contributed by atoms with Crippen molar-refractivity contribution >= 4 is 5.97 Å². The number of nitrogens with one attached hydrogen (secondary N) is 1. The fraction of sp³-hybridized carbons (Fsp3) is 0.909. The van der Waals surface area contributed by atoms with Crippen LogP contribution in [0.2, 0.25) is 0 Å². The van der Waals surface area contributed by atoms with Crippen LogP contribution in [0.15, 0.2) is 0 Å². The van der Waals surface area contributed by atoms with Crippen LogP contribution in [0.1, 0.15) is 41.0 Å². The summed E-state index contributed by atoms with van der Waals surface area (Å²) >= 11 is 0. The number of hydrogen-bond acceptors (Lipinski definition) is 3. The monoisotopic (exact) mass is 201 g/mol. The van der Waals surface area contributed by atoms with Crippen LogP contribution in [0.25, 0.3) is 0 Å². The molecule has 14 heavy (non-hydrogen) atoms. The molecule has 0 aliphatic heterocycles. The highest BCUT2D eigenvalue weighted by Crippen LogP contribution is 2.18. The Labute approximate surface area is 87.2 Å². The number of carbonyl (C=O) groups is 1. The van der Waals surface area contributed by atoms with Crippen LogP contribution in [0, 0.1) is 5.92 Å². The van der Waals surface area contributed by atoms with Gasteiger partial charge in [0.15, 0.2) is 0 Å². The van der Waals surface area contributed by atoms with E-state index in [9.17, 15) is 4.79 Å². The van der Waals surface area contributed by atoms with Gasteiger partial charge in [-0.25, -0.2) is 0 Å². The van der Waals surface area contributed by atoms with Gasteiger partial charge in [-0.05, 0) is 32.7 Å². The Hall–Kier alpha value is -0.570. The molecule has 0 saturated heterocycles. The van der Waals surface area contributed by atoms with E-state index in [1.165, 1.54) is 0 Å². The summed E-state index contributed by atoms with van der Waals surface area (Å²) in [5, 5.41) is 3.26. The van der Waals surface area contributed by atoms with Gasteiger partial charge in [0.05, 0.1) is 6.61 Å². The summed E-state index contributed by atoms with van der Waals surface area (Å²) in [5.74, 6) is 0.0801. The lowest BCUT2D eigenvalue weighted by Gasteiger charge is -2.32. The molecule has 0 heterocycles. The predicted octanol–water partition coefficient (Wildman–Crippen LogP) is 1.96. The first-order valence-corrected chi connectivity index (χ1v) is 5.41. The van der Waals surface area contributed by atoms with E-state index in [4.69, 9.17) is 4.74 Å². The lowest BCUT2D eigenvalue weighted by molar-refractivity contribution is -0.152. The van der Waals surface area contributed by atoms with Crippen LogP contribution in [-0.4, -0.2) is 24.7 Å². The minimum atomic E-state index is -0.550. The van der Waals surface area contributed by atoms with Gasteiger partial charge in [-0.15, -0.1) is 0 Å². The molecule has 0 saturated carbocycles. The standard InChI is InChI=1S/C11H23NO2/c1-6-8-12-11(5,9(3)4)10(13)14-7-2/h9,12H,6-8H2,1-5H3. The zero-order chi connectivity index (χ0) is 11.2. The Kier molecular flexibility index (Phi) is 5.77. The van der Waals surface area contributed by atoms with Gasteiger partial charge in [0.25, 0.3) is 0 Å². The minimum Gasteiger partial charge on any atom is -0.465 e. The quantitative estimate of drug-likeness (QED) is 0.668. The molecule has 0 fully saturated rings. The maximum atomic E-state index is 11.7. The second-order valence-electron chi connectivity index (χ2n) is 4.00. The van der Waals surface area contributed by atoms with Crippen molar-refractivity contribution in [2.45, 2.75) is 46.6 Å². The van der Waals surface area contributed by atoms with Gasteiger partial charge in [0.2, 0.25) is 0 Å². The van der Waals surface area contributed by atoms with Gasteiger partial charge in [-0.2, -0.15) is 0 Å². The SMILES string of the molecule is CCCNC(C)(C(=O)OCC)C(C)C. The molecule has 0 rings (SSSR count). The first-order chi connectivity index (χ1) is 6.49. The van der Waals surface area contributed by atoms with Crippen molar-refractivity contribution in [1.82, 2.24) is 5.32 Å². The van der Waals surface area contributed by atoms with Gasteiger partial charge < -0.3 is 10.1 Å². The van der Waals surface area contributed by atoms with E-state index >= 15 is 0 Å². The van der Waals surface area contributed by atoms with Crippen LogP contribution in [0.3, 0.4) is 0 Å². The highest BCUT2D eigenvalue weighted by Gasteiger charge is 2.37. The first kappa shape index (κ1) is 13.4. The molecule has 1 N–H and O–H groups in total. The summed E-state index contributed by atoms with van der Waals surface area (Å²) in [6.07, 6.45) is 1.02. The van der Waals surface area contributed by atoms with Crippen molar-refractivity contribution in [1.29, 1.82) is 0 Å².